The van der Waals surface area contributed by atoms with E-state index < -0.39 is 10.0 Å². The van der Waals surface area contributed by atoms with Crippen LogP contribution in [0.5, 0.6) is 0 Å². The first-order valence-electron chi connectivity index (χ1n) is 8.93. The molecule has 0 unspecified atom stereocenters. The van der Waals surface area contributed by atoms with Crippen molar-refractivity contribution >= 4 is 54.3 Å². The lowest BCUT2D eigenvalue weighted by atomic mass is 10.2. The topological polar surface area (TPSA) is 110 Å². The van der Waals surface area contributed by atoms with Gasteiger partial charge in [-0.25, -0.2) is 33.1 Å². The minimum Gasteiger partial charge on any atom is -0.340 e. The Labute approximate surface area is 182 Å². The third-order valence-corrected chi connectivity index (χ3v) is 6.07. The van der Waals surface area contributed by atoms with Gasteiger partial charge in [-0.05, 0) is 62.4 Å². The second-order valence-electron chi connectivity index (χ2n) is 6.61. The van der Waals surface area contributed by atoms with Crippen LogP contribution in [0.1, 0.15) is 11.4 Å². The Morgan fingerprint density at radius 3 is 2.30 bits per heavy atom. The summed E-state index contributed by atoms with van der Waals surface area (Å²) >= 11 is 3.45. The molecule has 30 heavy (non-hydrogen) atoms. The molecule has 10 heteroatoms. The van der Waals surface area contributed by atoms with Crippen molar-refractivity contribution in [1.82, 2.24) is 19.9 Å². The van der Waals surface area contributed by atoms with Gasteiger partial charge in [0.1, 0.15) is 12.1 Å². The lowest BCUT2D eigenvalue weighted by Gasteiger charge is -2.11. The molecule has 0 fully saturated rings. The lowest BCUT2D eigenvalue weighted by Crippen LogP contribution is -2.15. The summed E-state index contributed by atoms with van der Waals surface area (Å²) in [7, 11) is -3.81. The van der Waals surface area contributed by atoms with Crippen molar-refractivity contribution in [2.75, 3.05) is 10.0 Å². The quantitative estimate of drug-likeness (QED) is 0.433. The number of rotatable bonds is 5. The third-order valence-electron chi connectivity index (χ3n) is 4.23. The van der Waals surface area contributed by atoms with Gasteiger partial charge in [0.25, 0.3) is 10.0 Å². The van der Waals surface area contributed by atoms with Gasteiger partial charge in [0.15, 0.2) is 0 Å². The van der Waals surface area contributed by atoms with Crippen LogP contribution in [0.2, 0.25) is 0 Å². The Morgan fingerprint density at radius 1 is 0.900 bits per heavy atom. The van der Waals surface area contributed by atoms with E-state index in [2.05, 4.69) is 45.9 Å². The molecule has 0 aliphatic carbocycles. The van der Waals surface area contributed by atoms with Gasteiger partial charge >= 0.3 is 0 Å². The molecule has 0 bridgehead atoms. The van der Waals surface area contributed by atoms with Gasteiger partial charge in [0.05, 0.1) is 10.4 Å². The number of benzene rings is 2. The summed E-state index contributed by atoms with van der Waals surface area (Å²) in [5.41, 5.74) is 2.86. The van der Waals surface area contributed by atoms with E-state index >= 15 is 0 Å². The molecule has 4 aromatic rings. The Hall–Kier alpha value is -3.11. The number of hydrogen-bond donors (Lipinski definition) is 2. The normalized spacial score (nSPS) is 11.4. The molecule has 2 N–H and O–H groups in total. The molecular weight excluding hydrogens is 468 g/mol. The minimum atomic E-state index is -3.81. The van der Waals surface area contributed by atoms with Crippen LogP contribution in [0, 0.1) is 13.8 Å². The SMILES string of the molecule is Cc1cc(C)nc(NS(=O)(=O)c2ccc(Nc3ncnc4ccc(Br)cc34)cc2)n1. The monoisotopic (exact) mass is 484 g/mol. The number of sulfonamides is 1. The van der Waals surface area contributed by atoms with E-state index in [1.54, 1.807) is 32.0 Å². The molecule has 2 aromatic heterocycles. The summed E-state index contributed by atoms with van der Waals surface area (Å²) < 4.78 is 28.7. The number of fused-ring (bicyclic) bond motifs is 1. The van der Waals surface area contributed by atoms with Crippen LogP contribution in [-0.4, -0.2) is 28.4 Å². The van der Waals surface area contributed by atoms with Crippen molar-refractivity contribution in [2.45, 2.75) is 18.7 Å². The van der Waals surface area contributed by atoms with Gasteiger partial charge in [-0.15, -0.1) is 0 Å². The maximum Gasteiger partial charge on any atom is 0.264 e. The standard InChI is InChI=1S/C20H17BrN6O2S/c1-12-9-13(2)25-20(24-12)27-30(28,29)16-6-4-15(5-7-16)26-19-17-10-14(21)3-8-18(17)22-11-23-19/h3-11H,1-2H3,(H,22,23,26)(H,24,25,27). The molecule has 0 saturated heterocycles. The van der Waals surface area contributed by atoms with Gasteiger partial charge in [0, 0.05) is 26.9 Å². The second kappa shape index (κ2) is 7.96. The van der Waals surface area contributed by atoms with E-state index in [0.717, 1.165) is 15.4 Å². The average Bonchev–Trinajstić information content (AvgIpc) is 2.68. The highest BCUT2D eigenvalue weighted by molar-refractivity contribution is 9.10. The van der Waals surface area contributed by atoms with Gasteiger partial charge in [-0.3, -0.25) is 0 Å². The van der Waals surface area contributed by atoms with E-state index in [1.807, 2.05) is 18.2 Å². The predicted molar refractivity (Wildman–Crippen MR) is 119 cm³/mol. The maximum absolute atomic E-state index is 12.7. The fourth-order valence-corrected chi connectivity index (χ4v) is 4.24. The molecule has 0 saturated carbocycles. The van der Waals surface area contributed by atoms with Crippen molar-refractivity contribution in [1.29, 1.82) is 0 Å². The number of nitrogens with zero attached hydrogens (tertiary/aromatic N) is 4. The van der Waals surface area contributed by atoms with E-state index in [1.165, 1.54) is 18.5 Å². The van der Waals surface area contributed by atoms with Crippen LogP contribution in [0.15, 0.2) is 64.2 Å². The second-order valence-corrected chi connectivity index (χ2v) is 9.21. The molecule has 2 aromatic carbocycles. The summed E-state index contributed by atoms with van der Waals surface area (Å²) in [6, 6.07) is 13.8. The summed E-state index contributed by atoms with van der Waals surface area (Å²) in [5, 5.41) is 4.05. The number of nitrogens with one attached hydrogen (secondary N) is 2. The smallest absolute Gasteiger partial charge is 0.264 e. The van der Waals surface area contributed by atoms with Gasteiger partial charge in [-0.1, -0.05) is 15.9 Å². The highest BCUT2D eigenvalue weighted by Gasteiger charge is 2.16. The van der Waals surface area contributed by atoms with Crippen molar-refractivity contribution in [3.63, 3.8) is 0 Å². The van der Waals surface area contributed by atoms with Gasteiger partial charge < -0.3 is 5.32 Å². The molecule has 0 radical (unpaired) electrons. The maximum atomic E-state index is 12.7. The fraction of sp³-hybridized carbons (Fsp3) is 0.100. The van der Waals surface area contributed by atoms with Gasteiger partial charge in [-0.2, -0.15) is 0 Å². The Balaban J connectivity index is 1.58. The van der Waals surface area contributed by atoms with E-state index in [-0.39, 0.29) is 10.8 Å². The van der Waals surface area contributed by atoms with Crippen molar-refractivity contribution < 1.29 is 8.42 Å². The molecule has 0 atom stereocenters. The van der Waals surface area contributed by atoms with Crippen LogP contribution in [0.25, 0.3) is 10.9 Å². The zero-order chi connectivity index (χ0) is 21.3. The minimum absolute atomic E-state index is 0.0488. The zero-order valence-corrected chi connectivity index (χ0v) is 18.5. The molecule has 0 spiro atoms. The molecule has 8 nitrogen and oxygen atoms in total. The van der Waals surface area contributed by atoms with E-state index in [9.17, 15) is 8.42 Å². The number of aromatic nitrogens is 4. The third kappa shape index (κ3) is 4.39. The van der Waals surface area contributed by atoms with Crippen molar-refractivity contribution in [3.05, 3.63) is 70.7 Å². The summed E-state index contributed by atoms with van der Waals surface area (Å²) in [6.45, 7) is 3.56. The molecule has 0 aliphatic heterocycles. The Kier molecular flexibility index (Phi) is 5.35. The summed E-state index contributed by atoms with van der Waals surface area (Å²) in [5.74, 6) is 0.673. The fourth-order valence-electron chi connectivity index (χ4n) is 2.93. The predicted octanol–water partition coefficient (Wildman–Crippen LogP) is 4.34. The van der Waals surface area contributed by atoms with Crippen LogP contribution in [0.4, 0.5) is 17.5 Å². The molecular formula is C20H17BrN6O2S. The molecule has 4 rings (SSSR count). The largest absolute Gasteiger partial charge is 0.340 e. The van der Waals surface area contributed by atoms with Crippen LogP contribution < -0.4 is 10.0 Å². The highest BCUT2D eigenvalue weighted by Crippen LogP contribution is 2.26. The number of anilines is 3. The number of hydrogen-bond acceptors (Lipinski definition) is 7. The van der Waals surface area contributed by atoms with Crippen LogP contribution in [-0.2, 0) is 10.0 Å². The first kappa shape index (κ1) is 20.2. The van der Waals surface area contributed by atoms with Gasteiger partial charge in [0.2, 0.25) is 5.95 Å². The molecule has 2 heterocycles. The summed E-state index contributed by atoms with van der Waals surface area (Å²) in [6.07, 6.45) is 1.48. The lowest BCUT2D eigenvalue weighted by molar-refractivity contribution is 0.601. The van der Waals surface area contributed by atoms with E-state index in [4.69, 9.17) is 0 Å². The number of halogens is 1. The highest BCUT2D eigenvalue weighted by atomic mass is 79.9. The summed E-state index contributed by atoms with van der Waals surface area (Å²) in [4.78, 5) is 16.9. The first-order valence-corrected chi connectivity index (χ1v) is 11.2. The van der Waals surface area contributed by atoms with Crippen LogP contribution >= 0.6 is 15.9 Å². The molecule has 0 aliphatic rings. The van der Waals surface area contributed by atoms with E-state index in [0.29, 0.717) is 22.9 Å². The van der Waals surface area contributed by atoms with Crippen molar-refractivity contribution in [2.24, 2.45) is 0 Å². The Morgan fingerprint density at radius 2 is 1.60 bits per heavy atom. The molecule has 152 valence electrons. The number of aryl methyl sites for hydroxylation is 2. The first-order chi connectivity index (χ1) is 14.3. The van der Waals surface area contributed by atoms with Crippen LogP contribution in [0.3, 0.4) is 0 Å². The van der Waals surface area contributed by atoms with Crippen molar-refractivity contribution in [3.8, 4) is 0 Å². The Bertz CT molecular complexity index is 1320. The average molecular weight is 485 g/mol. The molecule has 0 amide bonds. The zero-order valence-electron chi connectivity index (χ0n) is 16.1.